The van der Waals surface area contributed by atoms with Gasteiger partial charge in [0.1, 0.15) is 16.8 Å². The average Bonchev–Trinajstić information content (AvgIpc) is 2.80. The molecule has 0 aliphatic rings. The fraction of sp³-hybridized carbons (Fsp3) is 0.333. The highest BCUT2D eigenvalue weighted by atomic mass is 32.1. The first kappa shape index (κ1) is 13.4. The smallest absolute Gasteiger partial charge is 0.268 e. The monoisotopic (exact) mass is 258 g/mol. The summed E-state index contributed by atoms with van der Waals surface area (Å²) in [7, 11) is 0. The number of hydrogen-bond acceptors (Lipinski definition) is 7. The standard InChI is InChI=1S/C9H10N2O5S/c10-8(15)6-4-17-9(11-6)7(3-14)16-5(1-12)2-13/h1,3-5,7,13H,2H2,(H2,10,15). The van der Waals surface area contributed by atoms with Gasteiger partial charge in [0, 0.05) is 5.38 Å². The zero-order valence-corrected chi connectivity index (χ0v) is 9.42. The lowest BCUT2D eigenvalue weighted by Crippen LogP contribution is -2.23. The molecule has 1 aromatic heterocycles. The maximum Gasteiger partial charge on any atom is 0.268 e. The van der Waals surface area contributed by atoms with Gasteiger partial charge in [-0.25, -0.2) is 4.98 Å². The van der Waals surface area contributed by atoms with Crippen molar-refractivity contribution in [3.8, 4) is 0 Å². The van der Waals surface area contributed by atoms with Gasteiger partial charge in [0.2, 0.25) is 0 Å². The van der Waals surface area contributed by atoms with Crippen molar-refractivity contribution < 1.29 is 24.2 Å². The van der Waals surface area contributed by atoms with Crippen LogP contribution < -0.4 is 5.73 Å². The van der Waals surface area contributed by atoms with Crippen molar-refractivity contribution in [3.63, 3.8) is 0 Å². The second kappa shape index (κ2) is 6.18. The van der Waals surface area contributed by atoms with Crippen LogP contribution in [0.3, 0.4) is 0 Å². The first-order valence-electron chi connectivity index (χ1n) is 4.54. The van der Waals surface area contributed by atoms with E-state index >= 15 is 0 Å². The van der Waals surface area contributed by atoms with Crippen LogP contribution in [0.4, 0.5) is 0 Å². The van der Waals surface area contributed by atoms with Gasteiger partial charge in [0.15, 0.2) is 18.7 Å². The van der Waals surface area contributed by atoms with Gasteiger partial charge >= 0.3 is 0 Å². The van der Waals surface area contributed by atoms with Gasteiger partial charge in [0.25, 0.3) is 5.91 Å². The van der Waals surface area contributed by atoms with E-state index in [2.05, 4.69) is 4.98 Å². The molecule has 1 aromatic rings. The maximum absolute atomic E-state index is 10.8. The highest BCUT2D eigenvalue weighted by Crippen LogP contribution is 2.21. The average molecular weight is 258 g/mol. The van der Waals surface area contributed by atoms with E-state index in [1.807, 2.05) is 0 Å². The quantitative estimate of drug-likeness (QED) is 0.609. The van der Waals surface area contributed by atoms with Crippen molar-refractivity contribution >= 4 is 29.8 Å². The number of hydrogen-bond donors (Lipinski definition) is 2. The number of ether oxygens (including phenoxy) is 1. The number of amides is 1. The number of aldehydes is 2. The number of aliphatic hydroxyl groups is 1. The van der Waals surface area contributed by atoms with Gasteiger partial charge in [-0.1, -0.05) is 0 Å². The molecule has 0 saturated heterocycles. The maximum atomic E-state index is 10.8. The zero-order valence-electron chi connectivity index (χ0n) is 8.61. The van der Waals surface area contributed by atoms with E-state index in [-0.39, 0.29) is 10.7 Å². The molecule has 7 nitrogen and oxygen atoms in total. The van der Waals surface area contributed by atoms with Crippen LogP contribution in [-0.2, 0) is 14.3 Å². The van der Waals surface area contributed by atoms with Gasteiger partial charge < -0.3 is 20.4 Å². The lowest BCUT2D eigenvalue weighted by molar-refractivity contribution is -0.132. The third-order valence-electron chi connectivity index (χ3n) is 1.79. The molecule has 0 spiro atoms. The van der Waals surface area contributed by atoms with Gasteiger partial charge in [-0.2, -0.15) is 0 Å². The topological polar surface area (TPSA) is 120 Å². The number of aromatic nitrogens is 1. The Bertz CT molecular complexity index is 419. The second-order valence-corrected chi connectivity index (χ2v) is 3.87. The molecule has 0 saturated carbocycles. The van der Waals surface area contributed by atoms with Crippen LogP contribution >= 0.6 is 11.3 Å². The predicted octanol–water partition coefficient (Wildman–Crippen LogP) is -0.942. The fourth-order valence-electron chi connectivity index (χ4n) is 0.986. The fourth-order valence-corrected chi connectivity index (χ4v) is 1.78. The van der Waals surface area contributed by atoms with Crippen LogP contribution in [0.25, 0.3) is 0 Å². The minimum Gasteiger partial charge on any atom is -0.393 e. The molecule has 2 atom stereocenters. The molecule has 8 heteroatoms. The van der Waals surface area contributed by atoms with Crippen molar-refractivity contribution in [2.45, 2.75) is 12.2 Å². The highest BCUT2D eigenvalue weighted by molar-refractivity contribution is 7.10. The Morgan fingerprint density at radius 1 is 1.59 bits per heavy atom. The minimum absolute atomic E-state index is 0.0205. The van der Waals surface area contributed by atoms with Crippen molar-refractivity contribution in [2.75, 3.05) is 6.61 Å². The number of carbonyl (C=O) groups excluding carboxylic acids is 3. The zero-order chi connectivity index (χ0) is 12.8. The predicted molar refractivity (Wildman–Crippen MR) is 57.5 cm³/mol. The van der Waals surface area contributed by atoms with Crippen LogP contribution in [0.5, 0.6) is 0 Å². The number of rotatable bonds is 7. The summed E-state index contributed by atoms with van der Waals surface area (Å²) in [6.45, 7) is -0.540. The molecule has 3 N–H and O–H groups in total. The molecule has 0 aromatic carbocycles. The molecule has 92 valence electrons. The number of primary amides is 1. The molecule has 17 heavy (non-hydrogen) atoms. The first-order valence-corrected chi connectivity index (χ1v) is 5.42. The number of carbonyl (C=O) groups is 3. The number of nitrogens with zero attached hydrogens (tertiary/aromatic N) is 1. The molecule has 0 fully saturated rings. The number of nitrogens with two attached hydrogens (primary N) is 1. The summed E-state index contributed by atoms with van der Waals surface area (Å²) < 4.78 is 4.99. The molecular formula is C9H10N2O5S. The van der Waals surface area contributed by atoms with Crippen LogP contribution in [0.1, 0.15) is 21.6 Å². The van der Waals surface area contributed by atoms with E-state index in [1.165, 1.54) is 5.38 Å². The summed E-state index contributed by atoms with van der Waals surface area (Å²) in [5, 5.41) is 10.3. The highest BCUT2D eigenvalue weighted by Gasteiger charge is 2.21. The van der Waals surface area contributed by atoms with Crippen molar-refractivity contribution in [1.29, 1.82) is 0 Å². The van der Waals surface area contributed by atoms with Gasteiger partial charge in [-0.15, -0.1) is 11.3 Å². The second-order valence-electron chi connectivity index (χ2n) is 2.99. The van der Waals surface area contributed by atoms with E-state index in [4.69, 9.17) is 15.6 Å². The largest absolute Gasteiger partial charge is 0.393 e. The number of thiazole rings is 1. The van der Waals surface area contributed by atoms with E-state index in [0.717, 1.165) is 11.3 Å². The molecule has 1 rings (SSSR count). The van der Waals surface area contributed by atoms with E-state index < -0.39 is 24.7 Å². The summed E-state index contributed by atoms with van der Waals surface area (Å²) in [5.74, 6) is -0.716. The molecule has 0 aliphatic carbocycles. The summed E-state index contributed by atoms with van der Waals surface area (Å²) in [4.78, 5) is 35.8. The van der Waals surface area contributed by atoms with Gasteiger partial charge in [0.05, 0.1) is 6.61 Å². The minimum atomic E-state index is -1.11. The summed E-state index contributed by atoms with van der Waals surface area (Å²) >= 11 is 1.01. The molecule has 1 amide bonds. The Balaban J connectivity index is 2.82. The van der Waals surface area contributed by atoms with Crippen LogP contribution in [0.2, 0.25) is 0 Å². The number of aliphatic hydroxyl groups excluding tert-OH is 1. The van der Waals surface area contributed by atoms with Gasteiger partial charge in [-0.3, -0.25) is 9.59 Å². The van der Waals surface area contributed by atoms with E-state index in [1.54, 1.807) is 0 Å². The van der Waals surface area contributed by atoms with Crippen molar-refractivity contribution in [3.05, 3.63) is 16.1 Å². The summed E-state index contributed by atoms with van der Waals surface area (Å²) in [5.41, 5.74) is 5.02. The Morgan fingerprint density at radius 2 is 2.29 bits per heavy atom. The van der Waals surface area contributed by atoms with Crippen LogP contribution in [-0.4, -0.2) is 41.3 Å². The molecular weight excluding hydrogens is 248 g/mol. The molecule has 0 bridgehead atoms. The first-order chi connectivity index (χ1) is 8.12. The van der Waals surface area contributed by atoms with Crippen LogP contribution in [0.15, 0.2) is 5.38 Å². The molecule has 0 radical (unpaired) electrons. The third kappa shape index (κ3) is 3.41. The lowest BCUT2D eigenvalue weighted by atomic mass is 10.3. The van der Waals surface area contributed by atoms with E-state index in [0.29, 0.717) is 12.6 Å². The van der Waals surface area contributed by atoms with Gasteiger partial charge in [-0.05, 0) is 0 Å². The molecule has 2 unspecified atom stereocenters. The Labute approximate surface area is 100 Å². The Kier molecular flexibility index (Phi) is 4.88. The lowest BCUT2D eigenvalue weighted by Gasteiger charge is -2.12. The summed E-state index contributed by atoms with van der Waals surface area (Å²) in [6.07, 6.45) is -1.41. The SMILES string of the molecule is NC(=O)c1csc(C(C=O)OC(C=O)CO)n1. The Hall–Kier alpha value is -1.64. The molecule has 1 heterocycles. The Morgan fingerprint density at radius 3 is 2.71 bits per heavy atom. The molecule has 0 aliphatic heterocycles. The van der Waals surface area contributed by atoms with E-state index in [9.17, 15) is 14.4 Å². The van der Waals surface area contributed by atoms with Crippen molar-refractivity contribution in [1.82, 2.24) is 4.98 Å². The van der Waals surface area contributed by atoms with Crippen molar-refractivity contribution in [2.24, 2.45) is 5.73 Å². The third-order valence-corrected chi connectivity index (χ3v) is 2.70. The summed E-state index contributed by atoms with van der Waals surface area (Å²) in [6, 6.07) is 0. The normalized spacial score (nSPS) is 13.9. The van der Waals surface area contributed by atoms with Crippen LogP contribution in [0, 0.1) is 0 Å².